The number of nitrogens with zero attached hydrogens (tertiary/aromatic N) is 1. The number of hydrogen-bond donors (Lipinski definition) is 1. The van der Waals surface area contributed by atoms with Crippen molar-refractivity contribution in [2.24, 2.45) is 11.7 Å². The Morgan fingerprint density at radius 3 is 2.50 bits per heavy atom. The lowest BCUT2D eigenvalue weighted by atomic mass is 10.0. The molecule has 1 aliphatic rings. The second-order valence-corrected chi connectivity index (χ2v) is 5.69. The Bertz CT molecular complexity index is 442. The van der Waals surface area contributed by atoms with Crippen molar-refractivity contribution in [3.05, 3.63) is 33.8 Å². The molecule has 0 aromatic heterocycles. The van der Waals surface area contributed by atoms with Gasteiger partial charge in [-0.2, -0.15) is 0 Å². The minimum absolute atomic E-state index is 0.0254. The lowest BCUT2D eigenvalue weighted by Crippen LogP contribution is -2.33. The summed E-state index contributed by atoms with van der Waals surface area (Å²) in [5.74, 6) is 0.353. The SMILES string of the molecule is CC(N)C1CCN(C(=O)c2cc(Cl)cc(Cl)c2)C1. The summed E-state index contributed by atoms with van der Waals surface area (Å²) < 4.78 is 0. The minimum atomic E-state index is -0.0254. The van der Waals surface area contributed by atoms with Crippen LogP contribution in [0.2, 0.25) is 10.0 Å². The van der Waals surface area contributed by atoms with Crippen LogP contribution in [0.4, 0.5) is 0 Å². The van der Waals surface area contributed by atoms with Gasteiger partial charge in [0.15, 0.2) is 0 Å². The highest BCUT2D eigenvalue weighted by atomic mass is 35.5. The van der Waals surface area contributed by atoms with E-state index in [4.69, 9.17) is 28.9 Å². The zero-order chi connectivity index (χ0) is 13.3. The second-order valence-electron chi connectivity index (χ2n) is 4.82. The van der Waals surface area contributed by atoms with E-state index in [0.717, 1.165) is 13.0 Å². The van der Waals surface area contributed by atoms with Gasteiger partial charge in [-0.3, -0.25) is 4.79 Å². The van der Waals surface area contributed by atoms with Crippen molar-refractivity contribution in [1.82, 2.24) is 4.90 Å². The molecular weight excluding hydrogens is 271 g/mol. The average Bonchev–Trinajstić information content (AvgIpc) is 2.75. The van der Waals surface area contributed by atoms with Crippen LogP contribution in [0.25, 0.3) is 0 Å². The first-order chi connectivity index (χ1) is 8.47. The van der Waals surface area contributed by atoms with Crippen LogP contribution in [0.1, 0.15) is 23.7 Å². The zero-order valence-corrected chi connectivity index (χ0v) is 11.7. The van der Waals surface area contributed by atoms with Gasteiger partial charge in [0.05, 0.1) is 0 Å². The second kappa shape index (κ2) is 5.47. The lowest BCUT2D eigenvalue weighted by molar-refractivity contribution is 0.0786. The molecule has 18 heavy (non-hydrogen) atoms. The van der Waals surface area contributed by atoms with Crippen LogP contribution < -0.4 is 5.73 Å². The maximum absolute atomic E-state index is 12.3. The predicted octanol–water partition coefficient (Wildman–Crippen LogP) is 2.80. The summed E-state index contributed by atoms with van der Waals surface area (Å²) in [6.07, 6.45) is 0.956. The molecule has 1 aromatic carbocycles. The van der Waals surface area contributed by atoms with Gasteiger partial charge in [-0.25, -0.2) is 0 Å². The molecule has 5 heteroatoms. The molecule has 1 heterocycles. The van der Waals surface area contributed by atoms with Crippen LogP contribution in [0, 0.1) is 5.92 Å². The molecule has 1 fully saturated rings. The van der Waals surface area contributed by atoms with Crippen molar-refractivity contribution in [1.29, 1.82) is 0 Å². The number of hydrogen-bond acceptors (Lipinski definition) is 2. The summed E-state index contributed by atoms with van der Waals surface area (Å²) in [6, 6.07) is 5.03. The Morgan fingerprint density at radius 1 is 1.39 bits per heavy atom. The third kappa shape index (κ3) is 2.97. The van der Waals surface area contributed by atoms with Gasteiger partial charge in [0.25, 0.3) is 5.91 Å². The Balaban J connectivity index is 2.12. The van der Waals surface area contributed by atoms with E-state index in [1.54, 1.807) is 18.2 Å². The fraction of sp³-hybridized carbons (Fsp3) is 0.462. The molecule has 2 rings (SSSR count). The summed E-state index contributed by atoms with van der Waals surface area (Å²) in [5, 5.41) is 0.961. The number of nitrogens with two attached hydrogens (primary N) is 1. The highest BCUT2D eigenvalue weighted by molar-refractivity contribution is 6.35. The standard InChI is InChI=1S/C13H16Cl2N2O/c1-8(16)9-2-3-17(7-9)13(18)10-4-11(14)6-12(15)5-10/h4-6,8-9H,2-3,7,16H2,1H3. The largest absolute Gasteiger partial charge is 0.338 e. The van der Waals surface area contributed by atoms with Gasteiger partial charge >= 0.3 is 0 Å². The van der Waals surface area contributed by atoms with Crippen LogP contribution >= 0.6 is 23.2 Å². The molecule has 0 aliphatic carbocycles. The molecule has 2 atom stereocenters. The molecule has 0 spiro atoms. The maximum Gasteiger partial charge on any atom is 0.253 e. The van der Waals surface area contributed by atoms with E-state index in [2.05, 4.69) is 0 Å². The summed E-state index contributed by atoms with van der Waals surface area (Å²) in [6.45, 7) is 3.44. The maximum atomic E-state index is 12.3. The molecule has 1 amide bonds. The van der Waals surface area contributed by atoms with E-state index in [-0.39, 0.29) is 11.9 Å². The summed E-state index contributed by atoms with van der Waals surface area (Å²) in [7, 11) is 0. The average molecular weight is 287 g/mol. The van der Waals surface area contributed by atoms with Crippen LogP contribution in [0.5, 0.6) is 0 Å². The highest BCUT2D eigenvalue weighted by Crippen LogP contribution is 2.24. The minimum Gasteiger partial charge on any atom is -0.338 e. The van der Waals surface area contributed by atoms with Gasteiger partial charge in [0.1, 0.15) is 0 Å². The molecule has 2 N–H and O–H groups in total. The lowest BCUT2D eigenvalue weighted by Gasteiger charge is -2.18. The molecule has 2 unspecified atom stereocenters. The van der Waals surface area contributed by atoms with Gasteiger partial charge in [-0.15, -0.1) is 0 Å². The van der Waals surface area contributed by atoms with Crippen molar-refractivity contribution in [2.75, 3.05) is 13.1 Å². The van der Waals surface area contributed by atoms with Crippen LogP contribution in [-0.2, 0) is 0 Å². The summed E-state index contributed by atoms with van der Waals surface area (Å²) >= 11 is 11.8. The van der Waals surface area contributed by atoms with Crippen LogP contribution in [0.3, 0.4) is 0 Å². The zero-order valence-electron chi connectivity index (χ0n) is 10.2. The highest BCUT2D eigenvalue weighted by Gasteiger charge is 2.29. The van der Waals surface area contributed by atoms with Crippen molar-refractivity contribution in [2.45, 2.75) is 19.4 Å². The van der Waals surface area contributed by atoms with E-state index in [9.17, 15) is 4.79 Å². The van der Waals surface area contributed by atoms with E-state index in [1.165, 1.54) is 0 Å². The van der Waals surface area contributed by atoms with E-state index in [0.29, 0.717) is 28.1 Å². The smallest absolute Gasteiger partial charge is 0.253 e. The normalized spacial score (nSPS) is 21.1. The summed E-state index contributed by atoms with van der Waals surface area (Å²) in [4.78, 5) is 14.1. The third-order valence-corrected chi connectivity index (χ3v) is 3.80. The predicted molar refractivity (Wildman–Crippen MR) is 74.1 cm³/mol. The topological polar surface area (TPSA) is 46.3 Å². The first-order valence-corrected chi connectivity index (χ1v) is 6.74. The number of carbonyl (C=O) groups is 1. The number of benzene rings is 1. The Kier molecular flexibility index (Phi) is 4.15. The van der Waals surface area contributed by atoms with E-state index in [1.807, 2.05) is 11.8 Å². The van der Waals surface area contributed by atoms with Crippen molar-refractivity contribution in [3.63, 3.8) is 0 Å². The van der Waals surface area contributed by atoms with Crippen molar-refractivity contribution >= 4 is 29.1 Å². The quantitative estimate of drug-likeness (QED) is 0.909. The van der Waals surface area contributed by atoms with Crippen molar-refractivity contribution < 1.29 is 4.79 Å². The van der Waals surface area contributed by atoms with Gasteiger partial charge in [-0.05, 0) is 37.5 Å². The molecular formula is C13H16Cl2N2O. The van der Waals surface area contributed by atoms with Gasteiger partial charge in [-0.1, -0.05) is 23.2 Å². The molecule has 3 nitrogen and oxygen atoms in total. The monoisotopic (exact) mass is 286 g/mol. The van der Waals surface area contributed by atoms with Crippen LogP contribution in [0.15, 0.2) is 18.2 Å². The Hall–Kier alpha value is -0.770. The van der Waals surface area contributed by atoms with Gasteiger partial charge in [0, 0.05) is 34.7 Å². The molecule has 98 valence electrons. The van der Waals surface area contributed by atoms with Gasteiger partial charge < -0.3 is 10.6 Å². The van der Waals surface area contributed by atoms with Gasteiger partial charge in [0.2, 0.25) is 0 Å². The molecule has 0 saturated carbocycles. The molecule has 0 radical (unpaired) electrons. The molecule has 1 aromatic rings. The first-order valence-electron chi connectivity index (χ1n) is 5.98. The first kappa shape index (κ1) is 13.7. The van der Waals surface area contributed by atoms with E-state index < -0.39 is 0 Å². The number of rotatable bonds is 2. The molecule has 1 aliphatic heterocycles. The summed E-state index contributed by atoms with van der Waals surface area (Å²) in [5.41, 5.74) is 6.41. The van der Waals surface area contributed by atoms with E-state index >= 15 is 0 Å². The fourth-order valence-corrected chi connectivity index (χ4v) is 2.79. The fourth-order valence-electron chi connectivity index (χ4n) is 2.26. The number of amides is 1. The third-order valence-electron chi connectivity index (χ3n) is 3.36. The Labute approximate surface area is 117 Å². The number of halogens is 2. The van der Waals surface area contributed by atoms with Crippen molar-refractivity contribution in [3.8, 4) is 0 Å². The number of likely N-dealkylation sites (tertiary alicyclic amines) is 1. The number of carbonyl (C=O) groups excluding carboxylic acids is 1. The molecule has 0 bridgehead atoms. The Morgan fingerprint density at radius 2 is 2.00 bits per heavy atom. The van der Waals surface area contributed by atoms with Crippen LogP contribution in [-0.4, -0.2) is 29.9 Å². The molecule has 1 saturated heterocycles.